The molecule has 0 aliphatic heterocycles. The van der Waals surface area contributed by atoms with E-state index in [9.17, 15) is 4.79 Å². The van der Waals surface area contributed by atoms with E-state index in [-0.39, 0.29) is 0 Å². The first-order chi connectivity index (χ1) is 6.77. The second kappa shape index (κ2) is 3.38. The minimum Gasteiger partial charge on any atom is -0.366 e. The highest BCUT2D eigenvalue weighted by atomic mass is 16.1. The van der Waals surface area contributed by atoms with Crippen LogP contribution in [0, 0.1) is 0 Å². The molecule has 3 heteroatoms. The number of nitrogens with two attached hydrogens (primary N) is 1. The molecule has 0 aliphatic carbocycles. The van der Waals surface area contributed by atoms with Crippen molar-refractivity contribution >= 4 is 22.9 Å². The summed E-state index contributed by atoms with van der Waals surface area (Å²) in [5.41, 5.74) is 7.04. The molecule has 2 rings (SSSR count). The maximum absolute atomic E-state index is 10.6. The van der Waals surface area contributed by atoms with Crippen LogP contribution in [0.3, 0.4) is 0 Å². The van der Waals surface area contributed by atoms with Gasteiger partial charge in [-0.05, 0) is 17.7 Å². The number of nitrogens with one attached hydrogen (secondary N) is 1. The van der Waals surface area contributed by atoms with Crippen LogP contribution in [0.15, 0.2) is 36.5 Å². The molecule has 3 nitrogen and oxygen atoms in total. The molecular weight excluding hydrogens is 176 g/mol. The molecule has 0 saturated carbocycles. The highest BCUT2D eigenvalue weighted by Gasteiger charge is 1.98. The van der Waals surface area contributed by atoms with Gasteiger partial charge in [0.1, 0.15) is 0 Å². The monoisotopic (exact) mass is 186 g/mol. The molecule has 14 heavy (non-hydrogen) atoms. The van der Waals surface area contributed by atoms with Gasteiger partial charge in [0.05, 0.1) is 0 Å². The lowest BCUT2D eigenvalue weighted by atomic mass is 10.1. The number of H-pyrrole nitrogens is 1. The smallest absolute Gasteiger partial charge is 0.241 e. The van der Waals surface area contributed by atoms with E-state index < -0.39 is 5.91 Å². The van der Waals surface area contributed by atoms with E-state index in [0.717, 1.165) is 16.5 Å². The third kappa shape index (κ3) is 1.52. The van der Waals surface area contributed by atoms with Crippen molar-refractivity contribution in [1.82, 2.24) is 4.98 Å². The number of carbonyl (C=O) groups is 1. The summed E-state index contributed by atoms with van der Waals surface area (Å²) >= 11 is 0. The van der Waals surface area contributed by atoms with Crippen LogP contribution in [0.4, 0.5) is 0 Å². The number of amides is 1. The molecule has 1 aromatic heterocycles. The van der Waals surface area contributed by atoms with Gasteiger partial charge in [0.15, 0.2) is 0 Å². The van der Waals surface area contributed by atoms with Crippen molar-refractivity contribution in [2.75, 3.05) is 0 Å². The molecule has 0 fully saturated rings. The average molecular weight is 186 g/mol. The Morgan fingerprint density at radius 2 is 2.14 bits per heavy atom. The Bertz CT molecular complexity index is 497. The first kappa shape index (κ1) is 8.56. The molecule has 0 bridgehead atoms. The SMILES string of the molecule is NC(=O)C=Cc1c[nH]c2ccccc12. The lowest BCUT2D eigenvalue weighted by Crippen LogP contribution is -2.04. The molecule has 0 atom stereocenters. The molecule has 1 aromatic carbocycles. The predicted octanol–water partition coefficient (Wildman–Crippen LogP) is 1.67. The Labute approximate surface area is 81.2 Å². The van der Waals surface area contributed by atoms with Gasteiger partial charge in [0.25, 0.3) is 0 Å². The molecule has 0 aliphatic rings. The molecule has 1 amide bonds. The van der Waals surface area contributed by atoms with Crippen LogP contribution in [-0.2, 0) is 4.79 Å². The summed E-state index contributed by atoms with van der Waals surface area (Å²) in [6.45, 7) is 0. The molecule has 2 aromatic rings. The maximum atomic E-state index is 10.6. The second-order valence-electron chi connectivity index (χ2n) is 3.03. The van der Waals surface area contributed by atoms with Gasteiger partial charge in [-0.1, -0.05) is 18.2 Å². The zero-order chi connectivity index (χ0) is 9.97. The van der Waals surface area contributed by atoms with E-state index in [1.807, 2.05) is 30.5 Å². The second-order valence-corrected chi connectivity index (χ2v) is 3.03. The van der Waals surface area contributed by atoms with Gasteiger partial charge in [-0.15, -0.1) is 0 Å². The number of fused-ring (bicyclic) bond motifs is 1. The van der Waals surface area contributed by atoms with Crippen molar-refractivity contribution in [3.05, 3.63) is 42.1 Å². The highest BCUT2D eigenvalue weighted by Crippen LogP contribution is 2.18. The van der Waals surface area contributed by atoms with Crippen molar-refractivity contribution < 1.29 is 4.79 Å². The van der Waals surface area contributed by atoms with E-state index in [4.69, 9.17) is 5.73 Å². The van der Waals surface area contributed by atoms with Gasteiger partial charge in [-0.25, -0.2) is 0 Å². The summed E-state index contributed by atoms with van der Waals surface area (Å²) in [5.74, 6) is -0.435. The predicted molar refractivity (Wildman–Crippen MR) is 56.5 cm³/mol. The average Bonchev–Trinajstić information content (AvgIpc) is 2.58. The summed E-state index contributed by atoms with van der Waals surface area (Å²) in [5, 5.41) is 1.09. The van der Waals surface area contributed by atoms with Gasteiger partial charge in [-0.3, -0.25) is 4.79 Å². The first-order valence-corrected chi connectivity index (χ1v) is 4.31. The Balaban J connectivity index is 2.48. The van der Waals surface area contributed by atoms with Crippen molar-refractivity contribution in [1.29, 1.82) is 0 Å². The maximum Gasteiger partial charge on any atom is 0.241 e. The topological polar surface area (TPSA) is 58.9 Å². The quantitative estimate of drug-likeness (QED) is 0.688. The van der Waals surface area contributed by atoms with Gasteiger partial charge < -0.3 is 10.7 Å². The molecule has 0 unspecified atom stereocenters. The number of benzene rings is 1. The zero-order valence-corrected chi connectivity index (χ0v) is 7.53. The normalized spacial score (nSPS) is 11.1. The van der Waals surface area contributed by atoms with Crippen LogP contribution >= 0.6 is 0 Å². The Morgan fingerprint density at radius 3 is 2.93 bits per heavy atom. The zero-order valence-electron chi connectivity index (χ0n) is 7.53. The Hall–Kier alpha value is -2.03. The summed E-state index contributed by atoms with van der Waals surface area (Å²) in [7, 11) is 0. The van der Waals surface area contributed by atoms with Gasteiger partial charge in [0, 0.05) is 23.2 Å². The third-order valence-electron chi connectivity index (χ3n) is 2.05. The summed E-state index contributed by atoms with van der Waals surface area (Å²) in [4.78, 5) is 13.7. The largest absolute Gasteiger partial charge is 0.366 e. The highest BCUT2D eigenvalue weighted by molar-refractivity contribution is 5.95. The van der Waals surface area contributed by atoms with Crippen molar-refractivity contribution in [2.45, 2.75) is 0 Å². The number of carbonyl (C=O) groups excluding carboxylic acids is 1. The number of hydrogen-bond acceptors (Lipinski definition) is 1. The molecule has 0 radical (unpaired) electrons. The van der Waals surface area contributed by atoms with E-state index in [2.05, 4.69) is 4.98 Å². The number of aromatic nitrogens is 1. The molecule has 1 heterocycles. The van der Waals surface area contributed by atoms with E-state index in [1.54, 1.807) is 6.08 Å². The standard InChI is InChI=1S/C11H10N2O/c12-11(14)6-5-8-7-13-10-4-2-1-3-9(8)10/h1-7,13H,(H2,12,14). The fraction of sp³-hybridized carbons (Fsp3) is 0. The van der Waals surface area contributed by atoms with Crippen LogP contribution in [0.1, 0.15) is 5.56 Å². The Kier molecular flexibility index (Phi) is 2.07. The van der Waals surface area contributed by atoms with Gasteiger partial charge >= 0.3 is 0 Å². The van der Waals surface area contributed by atoms with Gasteiger partial charge in [0.2, 0.25) is 5.91 Å². The van der Waals surface area contributed by atoms with Crippen molar-refractivity contribution in [3.8, 4) is 0 Å². The summed E-state index contributed by atoms with van der Waals surface area (Å²) in [6.07, 6.45) is 4.92. The molecule has 70 valence electrons. The van der Waals surface area contributed by atoms with E-state index in [0.29, 0.717) is 0 Å². The fourth-order valence-electron chi connectivity index (χ4n) is 1.40. The lowest BCUT2D eigenvalue weighted by Gasteiger charge is -1.89. The summed E-state index contributed by atoms with van der Waals surface area (Å²) in [6, 6.07) is 7.89. The Morgan fingerprint density at radius 1 is 1.36 bits per heavy atom. The van der Waals surface area contributed by atoms with Crippen LogP contribution in [-0.4, -0.2) is 10.9 Å². The number of hydrogen-bond donors (Lipinski definition) is 2. The number of rotatable bonds is 2. The van der Waals surface area contributed by atoms with Crippen LogP contribution in [0.5, 0.6) is 0 Å². The minimum atomic E-state index is -0.435. The van der Waals surface area contributed by atoms with Gasteiger partial charge in [-0.2, -0.15) is 0 Å². The number of primary amides is 1. The molecular formula is C11H10N2O. The van der Waals surface area contributed by atoms with Crippen LogP contribution in [0.25, 0.3) is 17.0 Å². The number of para-hydroxylation sites is 1. The van der Waals surface area contributed by atoms with Crippen LogP contribution < -0.4 is 5.73 Å². The summed E-state index contributed by atoms with van der Waals surface area (Å²) < 4.78 is 0. The minimum absolute atomic E-state index is 0.435. The fourth-order valence-corrected chi connectivity index (χ4v) is 1.40. The third-order valence-corrected chi connectivity index (χ3v) is 2.05. The molecule has 0 saturated heterocycles. The molecule has 0 spiro atoms. The van der Waals surface area contributed by atoms with E-state index >= 15 is 0 Å². The number of aromatic amines is 1. The van der Waals surface area contributed by atoms with Crippen LogP contribution in [0.2, 0.25) is 0 Å². The van der Waals surface area contributed by atoms with Crippen molar-refractivity contribution in [3.63, 3.8) is 0 Å². The molecule has 3 N–H and O–H groups in total. The van der Waals surface area contributed by atoms with E-state index in [1.165, 1.54) is 6.08 Å². The first-order valence-electron chi connectivity index (χ1n) is 4.31. The lowest BCUT2D eigenvalue weighted by molar-refractivity contribution is -0.113. The van der Waals surface area contributed by atoms with Crippen molar-refractivity contribution in [2.24, 2.45) is 5.73 Å².